The lowest BCUT2D eigenvalue weighted by Crippen LogP contribution is -2.37. The maximum atomic E-state index is 9.31. The lowest BCUT2D eigenvalue weighted by molar-refractivity contribution is 0.201. The van der Waals surface area contributed by atoms with Crippen LogP contribution in [0.2, 0.25) is 0 Å². The van der Waals surface area contributed by atoms with Gasteiger partial charge in [-0.15, -0.1) is 11.3 Å². The average Bonchev–Trinajstić information content (AvgIpc) is 2.58. The van der Waals surface area contributed by atoms with Gasteiger partial charge >= 0.3 is 0 Å². The molecule has 0 aliphatic carbocycles. The smallest absolute Gasteiger partial charge is 0.0900 e. The fraction of sp³-hybridized carbons (Fsp3) is 0.750. The zero-order valence-corrected chi connectivity index (χ0v) is 11.4. The second-order valence-corrected chi connectivity index (χ2v) is 5.58. The highest BCUT2D eigenvalue weighted by Crippen LogP contribution is 2.17. The van der Waals surface area contributed by atoms with Crippen LogP contribution in [-0.4, -0.2) is 22.7 Å². The van der Waals surface area contributed by atoms with E-state index in [9.17, 15) is 5.11 Å². The van der Waals surface area contributed by atoms with E-state index in [0.717, 1.165) is 23.7 Å². The van der Waals surface area contributed by atoms with Gasteiger partial charge in [0.25, 0.3) is 0 Å². The largest absolute Gasteiger partial charge is 0.395 e. The summed E-state index contributed by atoms with van der Waals surface area (Å²) in [5, 5.41) is 13.8. The van der Waals surface area contributed by atoms with Crippen molar-refractivity contribution in [3.05, 3.63) is 15.6 Å². The molecule has 1 heterocycles. The van der Waals surface area contributed by atoms with Crippen LogP contribution >= 0.6 is 11.3 Å². The van der Waals surface area contributed by atoms with Crippen molar-refractivity contribution in [3.63, 3.8) is 0 Å². The third-order valence-electron chi connectivity index (χ3n) is 3.05. The van der Waals surface area contributed by atoms with Gasteiger partial charge in [-0.2, -0.15) is 0 Å². The number of hydrogen-bond donors (Lipinski definition) is 2. The molecule has 4 heteroatoms. The van der Waals surface area contributed by atoms with Crippen molar-refractivity contribution < 1.29 is 5.11 Å². The van der Waals surface area contributed by atoms with Crippen molar-refractivity contribution >= 4 is 11.3 Å². The molecule has 2 N–H and O–H groups in total. The first kappa shape index (κ1) is 13.6. The molecule has 0 aromatic carbocycles. The molecule has 0 fully saturated rings. The van der Waals surface area contributed by atoms with E-state index in [2.05, 4.69) is 24.1 Å². The predicted molar refractivity (Wildman–Crippen MR) is 68.8 cm³/mol. The summed E-state index contributed by atoms with van der Waals surface area (Å²) in [6.07, 6.45) is 1.08. The molecule has 1 aromatic heterocycles. The van der Waals surface area contributed by atoms with Crippen molar-refractivity contribution in [3.8, 4) is 0 Å². The van der Waals surface area contributed by atoms with Crippen LogP contribution in [0.15, 0.2) is 0 Å². The van der Waals surface area contributed by atoms with E-state index in [0.29, 0.717) is 5.92 Å². The Bertz CT molecular complexity index is 325. The van der Waals surface area contributed by atoms with Crippen molar-refractivity contribution in [2.24, 2.45) is 5.92 Å². The SMILES string of the molecule is CCC(C)C(CO)NCc1sc(C)nc1C. The van der Waals surface area contributed by atoms with Crippen LogP contribution in [0.25, 0.3) is 0 Å². The molecule has 3 nitrogen and oxygen atoms in total. The molecule has 1 aromatic rings. The molecule has 0 amide bonds. The zero-order valence-electron chi connectivity index (χ0n) is 10.6. The van der Waals surface area contributed by atoms with Crippen LogP contribution in [0.5, 0.6) is 0 Å². The highest BCUT2D eigenvalue weighted by molar-refractivity contribution is 7.11. The third-order valence-corrected chi connectivity index (χ3v) is 4.12. The zero-order chi connectivity index (χ0) is 12.1. The van der Waals surface area contributed by atoms with Crippen LogP contribution in [0, 0.1) is 19.8 Å². The molecule has 2 atom stereocenters. The normalized spacial score (nSPS) is 15.1. The van der Waals surface area contributed by atoms with Gasteiger partial charge in [-0.25, -0.2) is 4.98 Å². The molecular formula is C12H22N2OS. The molecule has 0 aliphatic rings. The first-order valence-electron chi connectivity index (χ1n) is 5.85. The Hall–Kier alpha value is -0.450. The number of thiazole rings is 1. The lowest BCUT2D eigenvalue weighted by atomic mass is 10.00. The molecule has 0 bridgehead atoms. The number of hydrogen-bond acceptors (Lipinski definition) is 4. The number of rotatable bonds is 6. The van der Waals surface area contributed by atoms with Crippen molar-refractivity contribution in [2.45, 2.75) is 46.7 Å². The average molecular weight is 242 g/mol. The van der Waals surface area contributed by atoms with Gasteiger partial charge in [-0.1, -0.05) is 20.3 Å². The van der Waals surface area contributed by atoms with Crippen LogP contribution in [0.4, 0.5) is 0 Å². The van der Waals surface area contributed by atoms with Crippen LogP contribution in [0.3, 0.4) is 0 Å². The van der Waals surface area contributed by atoms with Crippen LogP contribution in [-0.2, 0) is 6.54 Å². The third kappa shape index (κ3) is 3.54. The van der Waals surface area contributed by atoms with E-state index in [-0.39, 0.29) is 12.6 Å². The van der Waals surface area contributed by atoms with Crippen molar-refractivity contribution in [1.29, 1.82) is 0 Å². The van der Waals surface area contributed by atoms with Gasteiger partial charge in [0.05, 0.1) is 17.3 Å². The van der Waals surface area contributed by atoms with Gasteiger partial charge in [0.15, 0.2) is 0 Å². The summed E-state index contributed by atoms with van der Waals surface area (Å²) < 4.78 is 0. The molecule has 0 saturated heterocycles. The molecule has 1 rings (SSSR count). The summed E-state index contributed by atoms with van der Waals surface area (Å²) in [7, 11) is 0. The van der Waals surface area contributed by atoms with Gasteiger partial charge in [0, 0.05) is 17.5 Å². The fourth-order valence-corrected chi connectivity index (χ4v) is 2.58. The van der Waals surface area contributed by atoms with E-state index in [1.54, 1.807) is 11.3 Å². The quantitative estimate of drug-likeness (QED) is 0.804. The van der Waals surface area contributed by atoms with E-state index in [1.165, 1.54) is 4.88 Å². The molecular weight excluding hydrogens is 220 g/mol. The van der Waals surface area contributed by atoms with E-state index in [1.807, 2.05) is 13.8 Å². The minimum Gasteiger partial charge on any atom is -0.395 e. The van der Waals surface area contributed by atoms with Gasteiger partial charge in [-0.3, -0.25) is 0 Å². The summed E-state index contributed by atoms with van der Waals surface area (Å²) in [5.74, 6) is 0.499. The van der Waals surface area contributed by atoms with Crippen molar-refractivity contribution in [1.82, 2.24) is 10.3 Å². The second-order valence-electron chi connectivity index (χ2n) is 4.30. The molecule has 16 heavy (non-hydrogen) atoms. The number of aliphatic hydroxyl groups is 1. The molecule has 0 radical (unpaired) electrons. The van der Waals surface area contributed by atoms with Crippen LogP contribution < -0.4 is 5.32 Å². The number of aromatic nitrogens is 1. The molecule has 0 aliphatic heterocycles. The Labute approximate surface area is 102 Å². The summed E-state index contributed by atoms with van der Waals surface area (Å²) in [5.41, 5.74) is 1.11. The summed E-state index contributed by atoms with van der Waals surface area (Å²) >= 11 is 1.73. The number of nitrogens with one attached hydrogen (secondary N) is 1. The first-order chi connectivity index (χ1) is 7.58. The van der Waals surface area contributed by atoms with E-state index >= 15 is 0 Å². The summed E-state index contributed by atoms with van der Waals surface area (Å²) in [6, 6.07) is 0.187. The Morgan fingerprint density at radius 3 is 2.56 bits per heavy atom. The number of nitrogens with zero attached hydrogens (tertiary/aromatic N) is 1. The van der Waals surface area contributed by atoms with E-state index < -0.39 is 0 Å². The Balaban J connectivity index is 2.52. The van der Waals surface area contributed by atoms with Gasteiger partial charge < -0.3 is 10.4 Å². The minimum absolute atomic E-state index is 0.187. The highest BCUT2D eigenvalue weighted by atomic mass is 32.1. The summed E-state index contributed by atoms with van der Waals surface area (Å²) in [4.78, 5) is 5.67. The van der Waals surface area contributed by atoms with Gasteiger partial charge in [0.2, 0.25) is 0 Å². The highest BCUT2D eigenvalue weighted by Gasteiger charge is 2.15. The Morgan fingerprint density at radius 1 is 1.44 bits per heavy atom. The first-order valence-corrected chi connectivity index (χ1v) is 6.67. The monoisotopic (exact) mass is 242 g/mol. The van der Waals surface area contributed by atoms with Crippen molar-refractivity contribution in [2.75, 3.05) is 6.61 Å². The molecule has 0 saturated carbocycles. The van der Waals surface area contributed by atoms with Crippen LogP contribution in [0.1, 0.15) is 35.8 Å². The fourth-order valence-electron chi connectivity index (χ4n) is 1.69. The summed E-state index contributed by atoms with van der Waals surface area (Å²) in [6.45, 7) is 9.39. The maximum Gasteiger partial charge on any atom is 0.0900 e. The predicted octanol–water partition coefficient (Wildman–Crippen LogP) is 2.26. The van der Waals surface area contributed by atoms with Gasteiger partial charge in [-0.05, 0) is 19.8 Å². The standard InChI is InChI=1S/C12H22N2OS/c1-5-8(2)11(7-15)13-6-12-9(3)14-10(4)16-12/h8,11,13,15H,5-7H2,1-4H3. The Morgan fingerprint density at radius 2 is 2.12 bits per heavy atom. The molecule has 0 spiro atoms. The Kier molecular flexibility index (Phi) is 5.38. The topological polar surface area (TPSA) is 45.1 Å². The second kappa shape index (κ2) is 6.33. The number of aliphatic hydroxyl groups excluding tert-OH is 1. The number of aryl methyl sites for hydroxylation is 2. The lowest BCUT2D eigenvalue weighted by Gasteiger charge is -2.21. The van der Waals surface area contributed by atoms with E-state index in [4.69, 9.17) is 0 Å². The minimum atomic E-state index is 0.187. The maximum absolute atomic E-state index is 9.31. The molecule has 2 unspecified atom stereocenters. The van der Waals surface area contributed by atoms with Gasteiger partial charge in [0.1, 0.15) is 0 Å². The molecule has 92 valence electrons.